The van der Waals surface area contributed by atoms with Crippen LogP contribution in [-0.2, 0) is 6.42 Å². The summed E-state index contributed by atoms with van der Waals surface area (Å²) in [6, 6.07) is 31.4. The summed E-state index contributed by atoms with van der Waals surface area (Å²) in [6.07, 6.45) is 16.5. The van der Waals surface area contributed by atoms with E-state index in [4.69, 9.17) is 0 Å². The van der Waals surface area contributed by atoms with Crippen molar-refractivity contribution in [1.82, 2.24) is 0 Å². The molecule has 0 saturated heterocycles. The first-order valence-corrected chi connectivity index (χ1v) is 14.0. The summed E-state index contributed by atoms with van der Waals surface area (Å²) < 4.78 is 0. The Kier molecular flexibility index (Phi) is 5.90. The summed E-state index contributed by atoms with van der Waals surface area (Å²) in [7, 11) is 0. The highest BCUT2D eigenvalue weighted by atomic mass is 14.3. The first kappa shape index (κ1) is 23.7. The van der Waals surface area contributed by atoms with Crippen LogP contribution < -0.4 is 0 Å². The number of hydrogen-bond acceptors (Lipinski definition) is 0. The van der Waals surface area contributed by atoms with Crippen LogP contribution in [0.5, 0.6) is 0 Å². The monoisotopic (exact) mass is 500 g/mol. The van der Waals surface area contributed by atoms with Gasteiger partial charge in [0.25, 0.3) is 0 Å². The third-order valence-electron chi connectivity index (χ3n) is 8.54. The van der Waals surface area contributed by atoms with Gasteiger partial charge in [-0.3, -0.25) is 0 Å². The molecule has 0 nitrogen and oxygen atoms in total. The maximum absolute atomic E-state index is 4.68. The fourth-order valence-electron chi connectivity index (χ4n) is 6.49. The van der Waals surface area contributed by atoms with Crippen LogP contribution in [0.3, 0.4) is 0 Å². The highest BCUT2D eigenvalue weighted by Crippen LogP contribution is 2.44. The molecule has 39 heavy (non-hydrogen) atoms. The zero-order valence-electron chi connectivity index (χ0n) is 22.5. The van der Waals surface area contributed by atoms with Crippen molar-refractivity contribution < 1.29 is 0 Å². The average molecular weight is 501 g/mol. The second-order valence-electron chi connectivity index (χ2n) is 11.0. The summed E-state index contributed by atoms with van der Waals surface area (Å²) in [5.41, 5.74) is 17.0. The maximum Gasteiger partial charge on any atom is -0.00132 e. The Bertz CT molecular complexity index is 1740. The quantitative estimate of drug-likeness (QED) is 0.230. The lowest BCUT2D eigenvalue weighted by Crippen LogP contribution is -2.01. The molecule has 4 aromatic rings. The molecule has 7 rings (SSSR count). The zero-order chi connectivity index (χ0) is 26.3. The molecule has 0 amide bonds. The molecule has 0 aromatic heterocycles. The van der Waals surface area contributed by atoms with Gasteiger partial charge >= 0.3 is 0 Å². The highest BCUT2D eigenvalue weighted by molar-refractivity contribution is 5.94. The molecule has 0 spiro atoms. The van der Waals surface area contributed by atoms with Gasteiger partial charge in [0.1, 0.15) is 0 Å². The van der Waals surface area contributed by atoms with Gasteiger partial charge in [0.05, 0.1) is 0 Å². The zero-order valence-corrected chi connectivity index (χ0v) is 22.5. The topological polar surface area (TPSA) is 0 Å². The van der Waals surface area contributed by atoms with E-state index in [0.29, 0.717) is 5.92 Å². The van der Waals surface area contributed by atoms with E-state index in [1.807, 2.05) is 0 Å². The first-order chi connectivity index (χ1) is 19.2. The third kappa shape index (κ3) is 4.17. The van der Waals surface area contributed by atoms with Gasteiger partial charge in [-0.15, -0.1) is 0 Å². The number of fused-ring (bicyclic) bond motifs is 4. The van der Waals surface area contributed by atoms with Crippen molar-refractivity contribution >= 4 is 17.2 Å². The molecular formula is C39H32. The Morgan fingerprint density at radius 1 is 0.718 bits per heavy atom. The Hall–Kier alpha value is -4.42. The van der Waals surface area contributed by atoms with Crippen LogP contribution in [0.25, 0.3) is 28.3 Å². The van der Waals surface area contributed by atoms with Crippen LogP contribution in [0.1, 0.15) is 70.2 Å². The molecule has 0 heteroatoms. The second-order valence-corrected chi connectivity index (χ2v) is 11.0. The molecule has 0 saturated carbocycles. The van der Waals surface area contributed by atoms with E-state index < -0.39 is 0 Å². The largest absolute Gasteiger partial charge is 0.0905 e. The van der Waals surface area contributed by atoms with Gasteiger partial charge in [0.15, 0.2) is 0 Å². The van der Waals surface area contributed by atoms with Gasteiger partial charge in [-0.05, 0) is 110 Å². The van der Waals surface area contributed by atoms with Gasteiger partial charge in [-0.1, -0.05) is 123 Å². The Morgan fingerprint density at radius 3 is 2.33 bits per heavy atom. The molecule has 0 N–H and O–H groups in total. The fourth-order valence-corrected chi connectivity index (χ4v) is 6.49. The SMILES string of the molecule is C=C(c1ccc2c(c1)-c1cc3c(cc1C2)C=CCC3C)c1ccccc1/C(=C1/C=CC=CC1)c1ccccc1. The van der Waals surface area contributed by atoms with Crippen molar-refractivity contribution in [2.24, 2.45) is 0 Å². The summed E-state index contributed by atoms with van der Waals surface area (Å²) in [5, 5.41) is 0. The van der Waals surface area contributed by atoms with Crippen LogP contribution >= 0.6 is 0 Å². The normalized spacial score (nSPS) is 17.9. The number of allylic oxidation sites excluding steroid dienone is 6. The molecule has 0 aliphatic heterocycles. The van der Waals surface area contributed by atoms with E-state index in [0.717, 1.165) is 24.8 Å². The van der Waals surface area contributed by atoms with E-state index in [1.54, 1.807) is 0 Å². The number of benzene rings is 4. The summed E-state index contributed by atoms with van der Waals surface area (Å²) >= 11 is 0. The van der Waals surface area contributed by atoms with Crippen LogP contribution in [0.2, 0.25) is 0 Å². The molecule has 0 bridgehead atoms. The third-order valence-corrected chi connectivity index (χ3v) is 8.54. The molecule has 188 valence electrons. The first-order valence-electron chi connectivity index (χ1n) is 14.0. The summed E-state index contributed by atoms with van der Waals surface area (Å²) in [6.45, 7) is 7.02. The summed E-state index contributed by atoms with van der Waals surface area (Å²) in [4.78, 5) is 0. The minimum absolute atomic E-state index is 0.567. The van der Waals surface area contributed by atoms with Crippen LogP contribution in [0.4, 0.5) is 0 Å². The van der Waals surface area contributed by atoms with E-state index in [2.05, 4.69) is 135 Å². The van der Waals surface area contributed by atoms with Crippen LogP contribution in [-0.4, -0.2) is 0 Å². The van der Waals surface area contributed by atoms with Crippen LogP contribution in [0, 0.1) is 0 Å². The van der Waals surface area contributed by atoms with Crippen molar-refractivity contribution in [3.8, 4) is 11.1 Å². The smallest absolute Gasteiger partial charge is 0.00132 e. The predicted molar refractivity (Wildman–Crippen MR) is 167 cm³/mol. The molecular weight excluding hydrogens is 468 g/mol. The molecule has 3 aliphatic rings. The number of hydrogen-bond donors (Lipinski definition) is 0. The van der Waals surface area contributed by atoms with Gasteiger partial charge in [0.2, 0.25) is 0 Å². The standard InChI is InChI=1S/C39H32/c1-26-12-11-17-31-22-33-23-32-21-20-30(24-37(32)38(33)25-36(26)31)27(2)34-18-9-10-19-35(34)39(28-13-5-3-6-14-28)29-15-7-4-8-16-29/h3-11,13-15,17-22,24-26H,2,12,16,23H2,1H3/b39-29-. The molecule has 0 heterocycles. The molecule has 0 radical (unpaired) electrons. The molecule has 1 atom stereocenters. The molecule has 4 aromatic carbocycles. The molecule has 0 fully saturated rings. The predicted octanol–water partition coefficient (Wildman–Crippen LogP) is 10.2. The van der Waals surface area contributed by atoms with Crippen molar-refractivity contribution in [2.45, 2.75) is 32.1 Å². The Morgan fingerprint density at radius 2 is 1.51 bits per heavy atom. The lowest BCUT2D eigenvalue weighted by atomic mass is 9.84. The van der Waals surface area contributed by atoms with E-state index >= 15 is 0 Å². The van der Waals surface area contributed by atoms with Gasteiger partial charge < -0.3 is 0 Å². The van der Waals surface area contributed by atoms with Crippen molar-refractivity contribution in [3.63, 3.8) is 0 Å². The minimum Gasteiger partial charge on any atom is -0.0905 e. The van der Waals surface area contributed by atoms with Gasteiger partial charge in [-0.2, -0.15) is 0 Å². The van der Waals surface area contributed by atoms with Crippen LogP contribution in [0.15, 0.2) is 127 Å². The van der Waals surface area contributed by atoms with E-state index in [-0.39, 0.29) is 0 Å². The Balaban J connectivity index is 1.33. The summed E-state index contributed by atoms with van der Waals surface area (Å²) in [5.74, 6) is 0.567. The van der Waals surface area contributed by atoms with E-state index in [1.165, 1.54) is 66.8 Å². The molecule has 3 aliphatic carbocycles. The molecule has 1 unspecified atom stereocenters. The van der Waals surface area contributed by atoms with Gasteiger partial charge in [-0.25, -0.2) is 0 Å². The average Bonchev–Trinajstić information content (AvgIpc) is 3.34. The second kappa shape index (κ2) is 9.71. The van der Waals surface area contributed by atoms with Gasteiger partial charge in [0, 0.05) is 0 Å². The lowest BCUT2D eigenvalue weighted by molar-refractivity contribution is 0.771. The lowest BCUT2D eigenvalue weighted by Gasteiger charge is -2.20. The van der Waals surface area contributed by atoms with Crippen molar-refractivity contribution in [3.05, 3.63) is 172 Å². The van der Waals surface area contributed by atoms with E-state index in [9.17, 15) is 0 Å². The Labute approximate surface area is 232 Å². The fraction of sp³-hybridized carbons (Fsp3) is 0.128. The number of rotatable bonds is 4. The van der Waals surface area contributed by atoms with Crippen molar-refractivity contribution in [2.75, 3.05) is 0 Å². The highest BCUT2D eigenvalue weighted by Gasteiger charge is 2.24. The maximum atomic E-state index is 4.68. The minimum atomic E-state index is 0.567. The van der Waals surface area contributed by atoms with Crippen molar-refractivity contribution in [1.29, 1.82) is 0 Å².